The fourth-order valence-electron chi connectivity index (χ4n) is 2.16. The van der Waals surface area contributed by atoms with Gasteiger partial charge in [-0.2, -0.15) is 0 Å². The van der Waals surface area contributed by atoms with E-state index in [0.29, 0.717) is 13.1 Å². The average Bonchev–Trinajstić information content (AvgIpc) is 2.43. The Balaban J connectivity index is 2.80. The topological polar surface area (TPSA) is 58.4 Å². The molecule has 4 heteroatoms. The molecule has 0 atom stereocenters. The van der Waals surface area contributed by atoms with Crippen molar-refractivity contribution in [3.63, 3.8) is 0 Å². The molecule has 0 saturated heterocycles. The van der Waals surface area contributed by atoms with Crippen LogP contribution in [-0.4, -0.2) is 31.1 Å². The van der Waals surface area contributed by atoms with Gasteiger partial charge in [-0.3, -0.25) is 4.79 Å². The number of aryl methyl sites for hydroxylation is 1. The molecule has 1 rings (SSSR count). The van der Waals surface area contributed by atoms with Gasteiger partial charge >= 0.3 is 0 Å². The van der Waals surface area contributed by atoms with Crippen molar-refractivity contribution in [3.8, 4) is 0 Å². The number of benzene rings is 1. The molecule has 0 spiro atoms. The van der Waals surface area contributed by atoms with E-state index in [1.54, 1.807) is 0 Å². The van der Waals surface area contributed by atoms with E-state index in [9.17, 15) is 4.79 Å². The molecule has 0 radical (unpaired) electrons. The quantitative estimate of drug-likeness (QED) is 0.773. The number of carbonyl (C=O) groups is 1. The maximum atomic E-state index is 12.3. The number of anilines is 1. The normalized spacial score (nSPS) is 11.3. The van der Waals surface area contributed by atoms with Crippen LogP contribution in [0.1, 0.15) is 39.2 Å². The minimum atomic E-state index is -0.164. The van der Waals surface area contributed by atoms with Crippen LogP contribution in [0.15, 0.2) is 24.3 Å². The van der Waals surface area contributed by atoms with Crippen molar-refractivity contribution in [2.45, 2.75) is 46.1 Å². The molecule has 0 aliphatic carbocycles. The molecule has 0 saturated carbocycles. The minimum Gasteiger partial charge on any atom is -0.362 e. The predicted molar refractivity (Wildman–Crippen MR) is 89.6 cm³/mol. The van der Waals surface area contributed by atoms with Gasteiger partial charge in [0.1, 0.15) is 0 Å². The molecule has 0 aromatic heterocycles. The highest BCUT2D eigenvalue weighted by Crippen LogP contribution is 2.19. The first-order valence-corrected chi connectivity index (χ1v) is 7.71. The van der Waals surface area contributed by atoms with Crippen LogP contribution in [0.25, 0.3) is 0 Å². The Morgan fingerprint density at radius 2 is 2.00 bits per heavy atom. The summed E-state index contributed by atoms with van der Waals surface area (Å²) in [5.41, 5.74) is 7.74. The van der Waals surface area contributed by atoms with Crippen LogP contribution in [0.3, 0.4) is 0 Å². The van der Waals surface area contributed by atoms with Crippen molar-refractivity contribution in [2.75, 3.05) is 24.5 Å². The number of nitrogens with zero attached hydrogens (tertiary/aromatic N) is 1. The molecule has 0 fully saturated rings. The summed E-state index contributed by atoms with van der Waals surface area (Å²) in [6.45, 7) is 10.0. The lowest BCUT2D eigenvalue weighted by molar-refractivity contribution is -0.121. The molecular weight excluding hydrogens is 262 g/mol. The third-order valence-electron chi connectivity index (χ3n) is 3.78. The number of nitrogens with one attached hydrogen (secondary N) is 1. The number of hydrogen-bond donors (Lipinski definition) is 2. The Kier molecular flexibility index (Phi) is 6.69. The molecule has 1 aromatic carbocycles. The monoisotopic (exact) mass is 291 g/mol. The molecule has 0 aliphatic rings. The van der Waals surface area contributed by atoms with Gasteiger partial charge in [0.2, 0.25) is 5.91 Å². The van der Waals surface area contributed by atoms with Crippen molar-refractivity contribution < 1.29 is 4.79 Å². The average molecular weight is 291 g/mol. The smallest absolute Gasteiger partial charge is 0.239 e. The first-order valence-electron chi connectivity index (χ1n) is 7.71. The highest BCUT2D eigenvalue weighted by atomic mass is 16.2. The molecule has 0 unspecified atom stereocenters. The molecule has 3 N–H and O–H groups in total. The number of carbonyl (C=O) groups excluding carboxylic acids is 1. The van der Waals surface area contributed by atoms with Gasteiger partial charge in [-0.25, -0.2) is 0 Å². The zero-order chi connectivity index (χ0) is 15.9. The van der Waals surface area contributed by atoms with Crippen LogP contribution in [0, 0.1) is 6.92 Å². The summed E-state index contributed by atoms with van der Waals surface area (Å²) in [5.74, 6) is 0.0575. The highest BCUT2D eigenvalue weighted by Gasteiger charge is 2.20. The second-order valence-electron chi connectivity index (χ2n) is 6.14. The predicted octanol–water partition coefficient (Wildman–Crippen LogP) is 2.46. The Morgan fingerprint density at radius 1 is 1.33 bits per heavy atom. The maximum Gasteiger partial charge on any atom is 0.239 e. The second kappa shape index (κ2) is 8.03. The summed E-state index contributed by atoms with van der Waals surface area (Å²) in [5, 5.41) is 3.09. The van der Waals surface area contributed by atoms with Gasteiger partial charge in [0, 0.05) is 17.8 Å². The molecule has 4 nitrogen and oxygen atoms in total. The molecular formula is C17H29N3O. The highest BCUT2D eigenvalue weighted by molar-refractivity contribution is 5.82. The number of nitrogens with two attached hydrogens (primary N) is 1. The van der Waals surface area contributed by atoms with Crippen LogP contribution in [0.5, 0.6) is 0 Å². The zero-order valence-electron chi connectivity index (χ0n) is 13.8. The summed E-state index contributed by atoms with van der Waals surface area (Å²) in [6.07, 6.45) is 1.78. The van der Waals surface area contributed by atoms with Crippen molar-refractivity contribution in [1.29, 1.82) is 0 Å². The molecule has 1 amide bonds. The van der Waals surface area contributed by atoms with Crippen molar-refractivity contribution in [1.82, 2.24) is 5.32 Å². The zero-order valence-corrected chi connectivity index (χ0v) is 13.8. The number of hydrogen-bond acceptors (Lipinski definition) is 3. The van der Waals surface area contributed by atoms with Gasteiger partial charge in [-0.05, 0) is 51.8 Å². The summed E-state index contributed by atoms with van der Waals surface area (Å²) in [6, 6.07) is 8.15. The van der Waals surface area contributed by atoms with Gasteiger partial charge in [0.05, 0.1) is 6.54 Å². The lowest BCUT2D eigenvalue weighted by Crippen LogP contribution is -2.47. The van der Waals surface area contributed by atoms with Gasteiger partial charge in [-0.15, -0.1) is 0 Å². The van der Waals surface area contributed by atoms with Crippen molar-refractivity contribution >= 4 is 11.6 Å². The SMILES string of the molecule is CCC(C)(C)NC(=O)CN(CCCN)c1ccccc1C. The summed E-state index contributed by atoms with van der Waals surface area (Å²) in [4.78, 5) is 14.4. The summed E-state index contributed by atoms with van der Waals surface area (Å²) < 4.78 is 0. The van der Waals surface area contributed by atoms with Crippen molar-refractivity contribution in [2.24, 2.45) is 5.73 Å². The Labute approximate surface area is 128 Å². The van der Waals surface area contributed by atoms with Crippen LogP contribution < -0.4 is 16.0 Å². The van der Waals surface area contributed by atoms with E-state index in [1.165, 1.54) is 5.56 Å². The molecule has 1 aromatic rings. The van der Waals surface area contributed by atoms with E-state index in [-0.39, 0.29) is 11.4 Å². The van der Waals surface area contributed by atoms with E-state index in [1.807, 2.05) is 26.0 Å². The number of para-hydroxylation sites is 1. The molecule has 0 aliphatic heterocycles. The largest absolute Gasteiger partial charge is 0.362 e. The van der Waals surface area contributed by atoms with Gasteiger partial charge < -0.3 is 16.0 Å². The summed E-state index contributed by atoms with van der Waals surface area (Å²) in [7, 11) is 0. The number of amides is 1. The van der Waals surface area contributed by atoms with Crippen molar-refractivity contribution in [3.05, 3.63) is 29.8 Å². The van der Waals surface area contributed by atoms with Crippen LogP contribution in [0.4, 0.5) is 5.69 Å². The Hall–Kier alpha value is -1.55. The van der Waals surface area contributed by atoms with E-state index in [0.717, 1.165) is 25.1 Å². The fourth-order valence-corrected chi connectivity index (χ4v) is 2.16. The Morgan fingerprint density at radius 3 is 2.57 bits per heavy atom. The third kappa shape index (κ3) is 5.76. The third-order valence-corrected chi connectivity index (χ3v) is 3.78. The molecule has 0 bridgehead atoms. The Bertz CT molecular complexity index is 457. The van der Waals surface area contributed by atoms with Crippen LogP contribution >= 0.6 is 0 Å². The fraction of sp³-hybridized carbons (Fsp3) is 0.588. The van der Waals surface area contributed by atoms with E-state index >= 15 is 0 Å². The van der Waals surface area contributed by atoms with E-state index in [4.69, 9.17) is 5.73 Å². The minimum absolute atomic E-state index is 0.0575. The van der Waals surface area contributed by atoms with Gasteiger partial charge in [0.15, 0.2) is 0 Å². The standard InChI is InChI=1S/C17H29N3O/c1-5-17(3,4)19-16(21)13-20(12-8-11-18)15-10-7-6-9-14(15)2/h6-7,9-10H,5,8,11-13,18H2,1-4H3,(H,19,21). The second-order valence-corrected chi connectivity index (χ2v) is 6.14. The maximum absolute atomic E-state index is 12.3. The molecule has 21 heavy (non-hydrogen) atoms. The van der Waals surface area contributed by atoms with Gasteiger partial charge in [0.25, 0.3) is 0 Å². The van der Waals surface area contributed by atoms with E-state index < -0.39 is 0 Å². The lowest BCUT2D eigenvalue weighted by atomic mass is 10.0. The van der Waals surface area contributed by atoms with E-state index in [2.05, 4.69) is 36.2 Å². The number of rotatable bonds is 8. The lowest BCUT2D eigenvalue weighted by Gasteiger charge is -2.29. The van der Waals surface area contributed by atoms with Gasteiger partial charge in [-0.1, -0.05) is 25.1 Å². The molecule has 0 heterocycles. The van der Waals surface area contributed by atoms with Crippen LogP contribution in [0.2, 0.25) is 0 Å². The first kappa shape index (κ1) is 17.5. The van der Waals surface area contributed by atoms with Crippen LogP contribution in [-0.2, 0) is 4.79 Å². The first-order chi connectivity index (χ1) is 9.89. The summed E-state index contributed by atoms with van der Waals surface area (Å²) >= 11 is 0. The molecule has 118 valence electrons.